The van der Waals surface area contributed by atoms with E-state index in [4.69, 9.17) is 0 Å². The number of carbonyl (C=O) groups excluding carboxylic acids is 1. The Hall–Kier alpha value is -3.17. The molecule has 0 aliphatic carbocycles. The molecule has 3 unspecified atom stereocenters. The molecule has 0 spiro atoms. The third-order valence-electron chi connectivity index (χ3n) is 5.58. The average molecular weight is 432 g/mol. The van der Waals surface area contributed by atoms with Crippen molar-refractivity contribution < 1.29 is 18.0 Å². The van der Waals surface area contributed by atoms with Crippen molar-refractivity contribution in [1.29, 1.82) is 0 Å². The minimum absolute atomic E-state index is 0.0721. The maximum atomic E-state index is 13.3. The molecule has 164 valence electrons. The van der Waals surface area contributed by atoms with Gasteiger partial charge in [0, 0.05) is 12.1 Å². The number of benzene rings is 1. The first kappa shape index (κ1) is 21.1. The molecule has 2 aromatic heterocycles. The topological polar surface area (TPSA) is 86.8 Å². The lowest BCUT2D eigenvalue weighted by atomic mass is 10.0. The highest BCUT2D eigenvalue weighted by atomic mass is 19.4. The molecule has 1 aromatic carbocycles. The lowest BCUT2D eigenvalue weighted by Crippen LogP contribution is -2.44. The number of anilines is 1. The number of rotatable bonds is 5. The normalized spacial score (nSPS) is 21.6. The van der Waals surface area contributed by atoms with Crippen LogP contribution < -0.4 is 5.32 Å². The van der Waals surface area contributed by atoms with Crippen LogP contribution in [0.1, 0.15) is 49.4 Å². The number of aromatic nitrogens is 4. The van der Waals surface area contributed by atoms with Gasteiger partial charge in [0.1, 0.15) is 5.82 Å². The molecule has 2 N–H and O–H groups in total. The van der Waals surface area contributed by atoms with E-state index in [2.05, 4.69) is 25.3 Å². The summed E-state index contributed by atoms with van der Waals surface area (Å²) >= 11 is 0. The summed E-state index contributed by atoms with van der Waals surface area (Å²) < 4.78 is 38.2. The van der Waals surface area contributed by atoms with Gasteiger partial charge in [-0.15, -0.1) is 0 Å². The van der Waals surface area contributed by atoms with Crippen molar-refractivity contribution in [3.05, 3.63) is 48.2 Å². The molecule has 1 aliphatic heterocycles. The number of alkyl halides is 3. The Morgan fingerprint density at radius 1 is 1.26 bits per heavy atom. The van der Waals surface area contributed by atoms with E-state index in [-0.39, 0.29) is 35.7 Å². The molecule has 10 heteroatoms. The first-order chi connectivity index (χ1) is 14.8. The van der Waals surface area contributed by atoms with Gasteiger partial charge in [0.25, 0.3) is 5.91 Å². The number of hydrogen-bond donors (Lipinski definition) is 2. The van der Waals surface area contributed by atoms with Crippen molar-refractivity contribution in [2.45, 2.75) is 57.4 Å². The van der Waals surface area contributed by atoms with Gasteiger partial charge in [-0.25, -0.2) is 15.0 Å². The number of H-pyrrole nitrogens is 1. The van der Waals surface area contributed by atoms with Crippen molar-refractivity contribution >= 4 is 22.8 Å². The van der Waals surface area contributed by atoms with Crippen molar-refractivity contribution in [2.24, 2.45) is 0 Å². The van der Waals surface area contributed by atoms with Crippen LogP contribution in [0, 0.1) is 0 Å². The SMILES string of the molecule is CCCC1C(Nc2cnc(C(F)(F)F)cn2)CC(C)N1C(=O)c1nc2ccccc2[nH]1. The summed E-state index contributed by atoms with van der Waals surface area (Å²) in [6.45, 7) is 3.99. The number of para-hydroxylation sites is 2. The van der Waals surface area contributed by atoms with E-state index in [1.54, 1.807) is 0 Å². The first-order valence-electron chi connectivity index (χ1n) is 10.2. The van der Waals surface area contributed by atoms with E-state index >= 15 is 0 Å². The van der Waals surface area contributed by atoms with E-state index in [1.165, 1.54) is 0 Å². The Bertz CT molecular complexity index is 1030. The zero-order valence-corrected chi connectivity index (χ0v) is 17.1. The smallest absolute Gasteiger partial charge is 0.364 e. The third-order valence-corrected chi connectivity index (χ3v) is 5.58. The number of fused-ring (bicyclic) bond motifs is 1. The van der Waals surface area contributed by atoms with Gasteiger partial charge >= 0.3 is 6.18 Å². The largest absolute Gasteiger partial charge is 0.434 e. The van der Waals surface area contributed by atoms with Crippen LogP contribution >= 0.6 is 0 Å². The second kappa shape index (κ2) is 8.16. The Balaban J connectivity index is 1.56. The van der Waals surface area contributed by atoms with E-state index < -0.39 is 11.9 Å². The predicted octanol–water partition coefficient (Wildman–Crippen LogP) is 4.26. The molecule has 1 amide bonds. The lowest BCUT2D eigenvalue weighted by Gasteiger charge is -2.30. The zero-order valence-electron chi connectivity index (χ0n) is 17.1. The van der Waals surface area contributed by atoms with Gasteiger partial charge in [-0.1, -0.05) is 25.5 Å². The van der Waals surface area contributed by atoms with Gasteiger partial charge in [-0.2, -0.15) is 13.2 Å². The highest BCUT2D eigenvalue weighted by Gasteiger charge is 2.42. The van der Waals surface area contributed by atoms with Crippen LogP contribution in [0.15, 0.2) is 36.7 Å². The van der Waals surface area contributed by atoms with E-state index in [0.29, 0.717) is 12.6 Å². The number of nitrogens with one attached hydrogen (secondary N) is 2. The monoisotopic (exact) mass is 432 g/mol. The third kappa shape index (κ3) is 4.19. The number of carbonyl (C=O) groups is 1. The van der Waals surface area contributed by atoms with Crippen LogP contribution in [0.5, 0.6) is 0 Å². The van der Waals surface area contributed by atoms with Crippen LogP contribution in [-0.4, -0.2) is 48.9 Å². The first-order valence-corrected chi connectivity index (χ1v) is 10.2. The van der Waals surface area contributed by atoms with Crippen LogP contribution in [0.2, 0.25) is 0 Å². The number of nitrogens with zero attached hydrogens (tertiary/aromatic N) is 4. The molecule has 3 atom stereocenters. The molecule has 3 aromatic rings. The zero-order chi connectivity index (χ0) is 22.2. The van der Waals surface area contributed by atoms with E-state index in [9.17, 15) is 18.0 Å². The molecule has 0 radical (unpaired) electrons. The van der Waals surface area contributed by atoms with Gasteiger partial charge < -0.3 is 15.2 Å². The van der Waals surface area contributed by atoms with E-state index in [0.717, 1.165) is 30.1 Å². The summed E-state index contributed by atoms with van der Waals surface area (Å²) in [5.41, 5.74) is 0.475. The molecular formula is C21H23F3N6O. The molecule has 31 heavy (non-hydrogen) atoms. The highest BCUT2D eigenvalue weighted by molar-refractivity contribution is 5.94. The Kier molecular flexibility index (Phi) is 5.55. The van der Waals surface area contributed by atoms with Gasteiger partial charge in [0.15, 0.2) is 11.5 Å². The van der Waals surface area contributed by atoms with Gasteiger partial charge in [0.05, 0.1) is 29.5 Å². The summed E-state index contributed by atoms with van der Waals surface area (Å²) in [5.74, 6) is 0.346. The van der Waals surface area contributed by atoms with Crippen LogP contribution in [0.4, 0.5) is 19.0 Å². The molecule has 7 nitrogen and oxygen atoms in total. The van der Waals surface area contributed by atoms with E-state index in [1.807, 2.05) is 43.0 Å². The van der Waals surface area contributed by atoms with Gasteiger partial charge in [-0.05, 0) is 31.9 Å². The van der Waals surface area contributed by atoms with Crippen molar-refractivity contribution in [3.63, 3.8) is 0 Å². The maximum absolute atomic E-state index is 13.3. The molecule has 4 rings (SSSR count). The molecule has 1 saturated heterocycles. The summed E-state index contributed by atoms with van der Waals surface area (Å²) in [6, 6.07) is 7.06. The number of amides is 1. The number of likely N-dealkylation sites (tertiary alicyclic amines) is 1. The van der Waals surface area contributed by atoms with Gasteiger partial charge in [-0.3, -0.25) is 4.79 Å². The van der Waals surface area contributed by atoms with Crippen LogP contribution in [0.3, 0.4) is 0 Å². The fraction of sp³-hybridized carbons (Fsp3) is 0.429. The van der Waals surface area contributed by atoms with Gasteiger partial charge in [0.2, 0.25) is 0 Å². The number of halogens is 3. The Morgan fingerprint density at radius 2 is 2.03 bits per heavy atom. The average Bonchev–Trinajstić information content (AvgIpc) is 3.29. The fourth-order valence-electron chi connectivity index (χ4n) is 4.22. The minimum Gasteiger partial charge on any atom is -0.364 e. The fourth-order valence-corrected chi connectivity index (χ4v) is 4.22. The summed E-state index contributed by atoms with van der Waals surface area (Å²) in [5, 5.41) is 3.18. The summed E-state index contributed by atoms with van der Waals surface area (Å²) in [7, 11) is 0. The Labute approximate surface area is 177 Å². The number of hydrogen-bond acceptors (Lipinski definition) is 5. The molecule has 3 heterocycles. The number of aromatic amines is 1. The molecule has 1 aliphatic rings. The Morgan fingerprint density at radius 3 is 2.68 bits per heavy atom. The maximum Gasteiger partial charge on any atom is 0.434 e. The molecule has 0 bridgehead atoms. The van der Waals surface area contributed by atoms with Crippen LogP contribution in [0.25, 0.3) is 11.0 Å². The molecule has 0 saturated carbocycles. The molecular weight excluding hydrogens is 409 g/mol. The summed E-state index contributed by atoms with van der Waals surface area (Å²) in [4.78, 5) is 30.0. The van der Waals surface area contributed by atoms with Crippen molar-refractivity contribution in [1.82, 2.24) is 24.8 Å². The lowest BCUT2D eigenvalue weighted by molar-refractivity contribution is -0.141. The quantitative estimate of drug-likeness (QED) is 0.629. The predicted molar refractivity (Wildman–Crippen MR) is 109 cm³/mol. The highest BCUT2D eigenvalue weighted by Crippen LogP contribution is 2.32. The minimum atomic E-state index is -4.53. The molecule has 1 fully saturated rings. The van der Waals surface area contributed by atoms with Crippen molar-refractivity contribution in [3.8, 4) is 0 Å². The second-order valence-electron chi connectivity index (χ2n) is 7.79. The number of imidazole rings is 1. The summed E-state index contributed by atoms with van der Waals surface area (Å²) in [6.07, 6.45) is -0.513. The van der Waals surface area contributed by atoms with Crippen molar-refractivity contribution in [2.75, 3.05) is 5.32 Å². The standard InChI is InChI=1S/C21H23F3N6O/c1-3-6-16-15(27-18-11-25-17(10-26-18)21(22,23)24)9-12(2)30(16)20(31)19-28-13-7-4-5-8-14(13)29-19/h4-5,7-8,10-12,15-16H,3,6,9H2,1-2H3,(H,26,27)(H,28,29). The second-order valence-corrected chi connectivity index (χ2v) is 7.79. The van der Waals surface area contributed by atoms with Crippen LogP contribution in [-0.2, 0) is 6.18 Å².